The molecule has 7 nitrogen and oxygen atoms in total. The number of nitrogens with one attached hydrogen (secondary N) is 3. The zero-order valence-corrected chi connectivity index (χ0v) is 18.8. The quantitative estimate of drug-likeness (QED) is 0.327. The van der Waals surface area contributed by atoms with Gasteiger partial charge in [-0.1, -0.05) is 30.8 Å². The lowest BCUT2D eigenvalue weighted by molar-refractivity contribution is 0.411. The van der Waals surface area contributed by atoms with Gasteiger partial charge in [0.05, 0.1) is 11.9 Å². The second kappa shape index (κ2) is 8.80. The van der Waals surface area contributed by atoms with Crippen molar-refractivity contribution in [3.05, 3.63) is 85.5 Å². The van der Waals surface area contributed by atoms with Crippen LogP contribution < -0.4 is 10.6 Å². The smallest absolute Gasteiger partial charge is 0.180 e. The number of H-pyrrole nitrogens is 1. The summed E-state index contributed by atoms with van der Waals surface area (Å²) in [5, 5.41) is 7.94. The maximum Gasteiger partial charge on any atom is 0.180 e. The minimum Gasteiger partial charge on any atom is -0.384 e. The predicted octanol–water partition coefficient (Wildman–Crippen LogP) is 4.74. The Bertz CT molecular complexity index is 1410. The summed E-state index contributed by atoms with van der Waals surface area (Å²) in [7, 11) is 4.12. The fourth-order valence-corrected chi connectivity index (χ4v) is 3.86. The molecule has 3 aromatic heterocycles. The van der Waals surface area contributed by atoms with E-state index in [1.54, 1.807) is 6.20 Å². The molecule has 0 spiro atoms. The molecule has 0 unspecified atom stereocenters. The normalized spacial score (nSPS) is 11.4. The molecule has 0 radical (unpaired) electrons. The van der Waals surface area contributed by atoms with Gasteiger partial charge in [-0.2, -0.15) is 0 Å². The number of benzene rings is 2. The third-order valence-corrected chi connectivity index (χ3v) is 5.67. The lowest BCUT2D eigenvalue weighted by atomic mass is 10.1. The first-order valence-corrected chi connectivity index (χ1v) is 10.9. The summed E-state index contributed by atoms with van der Waals surface area (Å²) >= 11 is 0. The fraction of sp³-hybridized carbons (Fsp3) is 0.154. The highest BCUT2D eigenvalue weighted by molar-refractivity contribution is 5.85. The van der Waals surface area contributed by atoms with Gasteiger partial charge in [-0.05, 0) is 43.9 Å². The van der Waals surface area contributed by atoms with Crippen LogP contribution in [0.1, 0.15) is 5.56 Å². The lowest BCUT2D eigenvalue weighted by Crippen LogP contribution is -2.25. The van der Waals surface area contributed by atoms with Crippen LogP contribution in [0.4, 0.5) is 11.5 Å². The number of anilines is 2. The molecule has 3 N–H and O–H groups in total. The van der Waals surface area contributed by atoms with Crippen molar-refractivity contribution in [1.82, 2.24) is 29.6 Å². The predicted molar refractivity (Wildman–Crippen MR) is 136 cm³/mol. The number of nitrogens with zero attached hydrogens (tertiary/aromatic N) is 4. The van der Waals surface area contributed by atoms with E-state index in [1.807, 2.05) is 24.7 Å². The zero-order chi connectivity index (χ0) is 22.8. The first-order chi connectivity index (χ1) is 16.1. The van der Waals surface area contributed by atoms with E-state index in [0.29, 0.717) is 5.82 Å². The first kappa shape index (κ1) is 20.8. The van der Waals surface area contributed by atoms with Crippen LogP contribution in [0.15, 0.2) is 79.9 Å². The Morgan fingerprint density at radius 1 is 1.09 bits per heavy atom. The summed E-state index contributed by atoms with van der Waals surface area (Å²) in [6.45, 7) is 5.99. The van der Waals surface area contributed by atoms with E-state index >= 15 is 0 Å². The molecule has 2 aromatic carbocycles. The monoisotopic (exact) mass is 437 g/mol. The Morgan fingerprint density at radius 3 is 2.76 bits per heavy atom. The fourth-order valence-electron chi connectivity index (χ4n) is 3.86. The highest BCUT2D eigenvalue weighted by Gasteiger charge is 2.11. The van der Waals surface area contributed by atoms with Gasteiger partial charge in [-0.3, -0.25) is 4.40 Å². The number of aromatic amines is 1. The van der Waals surface area contributed by atoms with Crippen molar-refractivity contribution in [3.63, 3.8) is 0 Å². The SMILES string of the molecule is C=C(NCCN(C)C)c1ccc(-c2cnc3c(Nc4ccc5[nH]ccc5c4)nccn23)cc1. The highest BCUT2D eigenvalue weighted by atomic mass is 15.1. The van der Waals surface area contributed by atoms with Crippen LogP contribution >= 0.6 is 0 Å². The molecule has 0 bridgehead atoms. The van der Waals surface area contributed by atoms with Crippen molar-refractivity contribution in [1.29, 1.82) is 0 Å². The second-order valence-electron chi connectivity index (χ2n) is 8.30. The minimum absolute atomic E-state index is 0.716. The summed E-state index contributed by atoms with van der Waals surface area (Å²) in [6.07, 6.45) is 7.56. The van der Waals surface area contributed by atoms with Gasteiger partial charge in [0.2, 0.25) is 0 Å². The molecular formula is C26H27N7. The molecule has 0 atom stereocenters. The van der Waals surface area contributed by atoms with Gasteiger partial charge in [0.25, 0.3) is 0 Å². The average molecular weight is 438 g/mol. The number of imidazole rings is 1. The summed E-state index contributed by atoms with van der Waals surface area (Å²) in [4.78, 5) is 14.5. The van der Waals surface area contributed by atoms with E-state index < -0.39 is 0 Å². The number of rotatable bonds is 8. The Hall–Kier alpha value is -4.10. The van der Waals surface area contributed by atoms with Gasteiger partial charge < -0.3 is 20.5 Å². The van der Waals surface area contributed by atoms with Gasteiger partial charge in [0.1, 0.15) is 0 Å². The topological polar surface area (TPSA) is 73.3 Å². The maximum atomic E-state index is 4.66. The van der Waals surface area contributed by atoms with Crippen LogP contribution in [0.25, 0.3) is 33.5 Å². The molecule has 3 heterocycles. The standard InChI is InChI=1S/C26H27N7/c1-18(27-12-14-32(2)3)19-4-6-20(7-5-19)24-17-30-26-25(29-13-15-33(24)26)31-22-8-9-23-21(16-22)10-11-28-23/h4-11,13,15-17,27-28H,1,12,14H2,2-3H3,(H,29,31). The Labute approximate surface area is 192 Å². The van der Waals surface area contributed by atoms with Gasteiger partial charge in [0, 0.05) is 59.5 Å². The molecule has 0 aliphatic rings. The van der Waals surface area contributed by atoms with E-state index in [-0.39, 0.29) is 0 Å². The third kappa shape index (κ3) is 4.31. The van der Waals surface area contributed by atoms with E-state index in [2.05, 4.69) is 98.0 Å². The van der Waals surface area contributed by atoms with Crippen molar-refractivity contribution in [2.45, 2.75) is 0 Å². The largest absolute Gasteiger partial charge is 0.384 e. The Kier molecular flexibility index (Phi) is 5.54. The average Bonchev–Trinajstić information content (AvgIpc) is 3.46. The molecule has 0 aliphatic heterocycles. The molecule has 7 heteroatoms. The molecular weight excluding hydrogens is 410 g/mol. The van der Waals surface area contributed by atoms with Crippen molar-refractivity contribution in [2.24, 2.45) is 0 Å². The minimum atomic E-state index is 0.716. The molecule has 0 aliphatic carbocycles. The Morgan fingerprint density at radius 2 is 1.94 bits per heavy atom. The summed E-state index contributed by atoms with van der Waals surface area (Å²) in [5.41, 5.74) is 6.95. The first-order valence-electron chi connectivity index (χ1n) is 10.9. The van der Waals surface area contributed by atoms with Crippen LogP contribution in [0.5, 0.6) is 0 Å². The number of fused-ring (bicyclic) bond motifs is 2. The van der Waals surface area contributed by atoms with Crippen molar-refractivity contribution in [3.8, 4) is 11.3 Å². The van der Waals surface area contributed by atoms with Crippen molar-refractivity contribution < 1.29 is 0 Å². The molecule has 33 heavy (non-hydrogen) atoms. The van der Waals surface area contributed by atoms with E-state index in [9.17, 15) is 0 Å². The summed E-state index contributed by atoms with van der Waals surface area (Å²) < 4.78 is 2.06. The van der Waals surface area contributed by atoms with E-state index in [4.69, 9.17) is 0 Å². The number of hydrogen-bond acceptors (Lipinski definition) is 5. The number of hydrogen-bond donors (Lipinski definition) is 3. The molecule has 166 valence electrons. The molecule has 0 amide bonds. The van der Waals surface area contributed by atoms with E-state index in [0.717, 1.165) is 57.8 Å². The van der Waals surface area contributed by atoms with Crippen LogP contribution in [0.3, 0.4) is 0 Å². The lowest BCUT2D eigenvalue weighted by Gasteiger charge is -2.13. The maximum absolute atomic E-state index is 4.66. The van der Waals surface area contributed by atoms with Crippen molar-refractivity contribution >= 4 is 33.8 Å². The summed E-state index contributed by atoms with van der Waals surface area (Å²) in [6, 6.07) is 16.6. The van der Waals surface area contributed by atoms with Crippen LogP contribution in [0, 0.1) is 0 Å². The highest BCUT2D eigenvalue weighted by Crippen LogP contribution is 2.27. The van der Waals surface area contributed by atoms with Gasteiger partial charge in [0.15, 0.2) is 11.5 Å². The van der Waals surface area contributed by atoms with Crippen molar-refractivity contribution in [2.75, 3.05) is 32.5 Å². The van der Waals surface area contributed by atoms with Gasteiger partial charge in [-0.25, -0.2) is 9.97 Å². The number of likely N-dealkylation sites (N-methyl/N-ethyl adjacent to an activating group) is 1. The molecule has 0 saturated heterocycles. The third-order valence-electron chi connectivity index (χ3n) is 5.67. The van der Waals surface area contributed by atoms with Gasteiger partial charge in [-0.15, -0.1) is 0 Å². The van der Waals surface area contributed by atoms with Crippen LogP contribution in [-0.2, 0) is 0 Å². The van der Waals surface area contributed by atoms with E-state index in [1.165, 1.54) is 0 Å². The molecule has 0 saturated carbocycles. The number of aromatic nitrogens is 4. The summed E-state index contributed by atoms with van der Waals surface area (Å²) in [5.74, 6) is 0.716. The zero-order valence-electron chi connectivity index (χ0n) is 18.8. The van der Waals surface area contributed by atoms with Gasteiger partial charge >= 0.3 is 0 Å². The Balaban J connectivity index is 1.38. The second-order valence-corrected chi connectivity index (χ2v) is 8.30. The van der Waals surface area contributed by atoms with Crippen LogP contribution in [0.2, 0.25) is 0 Å². The van der Waals surface area contributed by atoms with Crippen LogP contribution in [-0.4, -0.2) is 51.4 Å². The molecule has 5 aromatic rings. The molecule has 5 rings (SSSR count). The molecule has 0 fully saturated rings.